The van der Waals surface area contributed by atoms with E-state index in [-0.39, 0.29) is 15.4 Å². The number of hydrogen-bond donors (Lipinski definition) is 4. The van der Waals surface area contributed by atoms with E-state index in [4.69, 9.17) is 18.2 Å². The Bertz CT molecular complexity index is 473. The Morgan fingerprint density at radius 3 is 1.93 bits per heavy atom. The Labute approximate surface area is 88.5 Å². The molecule has 0 saturated heterocycles. The zero-order valence-corrected chi connectivity index (χ0v) is 9.29. The standard InChI is InChI=1S/C7H10O6S2/c1-5-4-6(14(8,9)10)2-3-7(5)15(11,12)13/h2-4,11-13H,1H3,(H,8,9,10). The van der Waals surface area contributed by atoms with Gasteiger partial charge in [-0.15, -0.1) is 0 Å². The van der Waals surface area contributed by atoms with Gasteiger partial charge in [-0.1, -0.05) is 0 Å². The molecule has 0 aromatic heterocycles. The molecule has 0 aliphatic carbocycles. The first-order chi connectivity index (χ1) is 6.62. The maximum absolute atomic E-state index is 10.7. The van der Waals surface area contributed by atoms with Gasteiger partial charge in [0.15, 0.2) is 0 Å². The molecule has 0 bridgehead atoms. The molecule has 0 heterocycles. The maximum Gasteiger partial charge on any atom is 0.294 e. The van der Waals surface area contributed by atoms with E-state index in [0.29, 0.717) is 0 Å². The van der Waals surface area contributed by atoms with Crippen molar-refractivity contribution in [2.75, 3.05) is 0 Å². The van der Waals surface area contributed by atoms with E-state index >= 15 is 0 Å². The van der Waals surface area contributed by atoms with Crippen LogP contribution >= 0.6 is 10.9 Å². The fourth-order valence-electron chi connectivity index (χ4n) is 1.09. The van der Waals surface area contributed by atoms with Crippen LogP contribution in [0.25, 0.3) is 0 Å². The summed E-state index contributed by atoms with van der Waals surface area (Å²) < 4.78 is 57.0. The van der Waals surface area contributed by atoms with Crippen LogP contribution in [0.4, 0.5) is 0 Å². The maximum atomic E-state index is 10.7. The van der Waals surface area contributed by atoms with Gasteiger partial charge < -0.3 is 13.7 Å². The fourth-order valence-corrected chi connectivity index (χ4v) is 2.40. The van der Waals surface area contributed by atoms with Crippen LogP contribution in [0.15, 0.2) is 28.0 Å². The van der Waals surface area contributed by atoms with Gasteiger partial charge in [-0.25, -0.2) is 0 Å². The van der Waals surface area contributed by atoms with Gasteiger partial charge in [-0.2, -0.15) is 8.42 Å². The van der Waals surface area contributed by atoms with Crippen LogP contribution < -0.4 is 0 Å². The van der Waals surface area contributed by atoms with Crippen molar-refractivity contribution in [2.45, 2.75) is 16.7 Å². The second kappa shape index (κ2) is 3.74. The molecule has 6 nitrogen and oxygen atoms in total. The monoisotopic (exact) mass is 254 g/mol. The van der Waals surface area contributed by atoms with Gasteiger partial charge in [0.2, 0.25) is 0 Å². The second-order valence-corrected chi connectivity index (χ2v) is 5.82. The highest BCUT2D eigenvalue weighted by atomic mass is 32.3. The van der Waals surface area contributed by atoms with E-state index in [2.05, 4.69) is 0 Å². The lowest BCUT2D eigenvalue weighted by atomic mass is 10.2. The van der Waals surface area contributed by atoms with Gasteiger partial charge in [-0.3, -0.25) is 4.55 Å². The minimum atomic E-state index is -4.32. The third kappa shape index (κ3) is 2.91. The van der Waals surface area contributed by atoms with Gasteiger partial charge in [0.05, 0.1) is 9.79 Å². The van der Waals surface area contributed by atoms with Crippen molar-refractivity contribution in [1.29, 1.82) is 0 Å². The van der Waals surface area contributed by atoms with Crippen LogP contribution in [0.5, 0.6) is 0 Å². The molecule has 4 N–H and O–H groups in total. The summed E-state index contributed by atoms with van der Waals surface area (Å²) in [5.74, 6) is 0. The van der Waals surface area contributed by atoms with Gasteiger partial charge in [-0.05, 0) is 30.7 Å². The minimum Gasteiger partial charge on any atom is -0.304 e. The van der Waals surface area contributed by atoms with Crippen molar-refractivity contribution in [3.63, 3.8) is 0 Å². The van der Waals surface area contributed by atoms with E-state index in [1.807, 2.05) is 0 Å². The molecule has 0 atom stereocenters. The summed E-state index contributed by atoms with van der Waals surface area (Å²) in [6.45, 7) is 1.38. The zero-order chi connectivity index (χ0) is 11.9. The lowest BCUT2D eigenvalue weighted by Gasteiger charge is -2.21. The third-order valence-corrected chi connectivity index (χ3v) is 3.64. The first kappa shape index (κ1) is 12.4. The van der Waals surface area contributed by atoms with Crippen LogP contribution in [-0.4, -0.2) is 26.6 Å². The molecular weight excluding hydrogens is 244 g/mol. The quantitative estimate of drug-likeness (QED) is 0.598. The summed E-state index contributed by atoms with van der Waals surface area (Å²) in [4.78, 5) is -0.540. The Kier molecular flexibility index (Phi) is 3.10. The minimum absolute atomic E-state index is 0.160. The van der Waals surface area contributed by atoms with E-state index in [1.54, 1.807) is 0 Å². The molecule has 86 valence electrons. The number of rotatable bonds is 2. The van der Waals surface area contributed by atoms with E-state index in [9.17, 15) is 8.42 Å². The van der Waals surface area contributed by atoms with Gasteiger partial charge in [0.25, 0.3) is 10.1 Å². The summed E-state index contributed by atoms with van der Waals surface area (Å²) in [5.41, 5.74) is 0.160. The molecule has 0 spiro atoms. The zero-order valence-electron chi connectivity index (χ0n) is 7.65. The Hall–Kier alpha value is -0.640. The summed E-state index contributed by atoms with van der Waals surface area (Å²) in [6.07, 6.45) is 0. The van der Waals surface area contributed by atoms with Gasteiger partial charge >= 0.3 is 0 Å². The highest BCUT2D eigenvalue weighted by molar-refractivity contribution is 8.19. The lowest BCUT2D eigenvalue weighted by Crippen LogP contribution is -2.02. The Morgan fingerprint density at radius 1 is 1.07 bits per heavy atom. The van der Waals surface area contributed by atoms with E-state index in [1.165, 1.54) is 6.92 Å². The van der Waals surface area contributed by atoms with E-state index < -0.39 is 21.0 Å². The highest BCUT2D eigenvalue weighted by Gasteiger charge is 2.20. The molecule has 0 saturated carbocycles. The van der Waals surface area contributed by atoms with Gasteiger partial charge in [0, 0.05) is 0 Å². The molecule has 0 unspecified atom stereocenters. The van der Waals surface area contributed by atoms with E-state index in [0.717, 1.165) is 18.2 Å². The van der Waals surface area contributed by atoms with Crippen LogP contribution in [0.1, 0.15) is 5.56 Å². The second-order valence-electron chi connectivity index (χ2n) is 2.92. The molecule has 0 aliphatic heterocycles. The van der Waals surface area contributed by atoms with Crippen molar-refractivity contribution in [3.05, 3.63) is 23.8 Å². The number of aryl methyl sites for hydroxylation is 1. The molecular formula is C7H10O6S2. The topological polar surface area (TPSA) is 115 Å². The highest BCUT2D eigenvalue weighted by Crippen LogP contribution is 2.45. The van der Waals surface area contributed by atoms with Crippen molar-refractivity contribution in [3.8, 4) is 0 Å². The average Bonchev–Trinajstić information content (AvgIpc) is 1.99. The van der Waals surface area contributed by atoms with Crippen molar-refractivity contribution >= 4 is 21.0 Å². The largest absolute Gasteiger partial charge is 0.304 e. The van der Waals surface area contributed by atoms with Crippen molar-refractivity contribution < 1.29 is 26.6 Å². The number of benzene rings is 1. The first-order valence-electron chi connectivity index (χ1n) is 3.71. The summed E-state index contributed by atoms with van der Waals surface area (Å²) in [6, 6.07) is 3.05. The van der Waals surface area contributed by atoms with Gasteiger partial charge in [0.1, 0.15) is 10.9 Å². The Morgan fingerprint density at radius 2 is 1.60 bits per heavy atom. The molecule has 15 heavy (non-hydrogen) atoms. The lowest BCUT2D eigenvalue weighted by molar-refractivity contribution is 0.375. The average molecular weight is 254 g/mol. The molecule has 0 amide bonds. The fraction of sp³-hybridized carbons (Fsp3) is 0.143. The molecule has 0 radical (unpaired) electrons. The van der Waals surface area contributed by atoms with Crippen molar-refractivity contribution in [2.24, 2.45) is 0 Å². The van der Waals surface area contributed by atoms with Crippen LogP contribution in [0.3, 0.4) is 0 Å². The first-order valence-corrected chi connectivity index (χ1v) is 6.65. The van der Waals surface area contributed by atoms with Crippen LogP contribution in [-0.2, 0) is 10.1 Å². The molecule has 1 aromatic carbocycles. The normalized spacial score (nSPS) is 13.9. The predicted octanol–water partition coefficient (Wildman–Crippen LogP) is 1.82. The SMILES string of the molecule is Cc1cc(S(=O)(=O)O)ccc1S(O)(O)O. The summed E-state index contributed by atoms with van der Waals surface area (Å²) in [7, 11) is -8.20. The van der Waals surface area contributed by atoms with Crippen LogP contribution in [0.2, 0.25) is 0 Å². The molecule has 0 fully saturated rings. The number of hydrogen-bond acceptors (Lipinski definition) is 5. The molecule has 8 heteroatoms. The third-order valence-electron chi connectivity index (χ3n) is 1.74. The van der Waals surface area contributed by atoms with Crippen LogP contribution in [0, 0.1) is 6.92 Å². The predicted molar refractivity (Wildman–Crippen MR) is 54.7 cm³/mol. The molecule has 0 aliphatic rings. The van der Waals surface area contributed by atoms with Crippen molar-refractivity contribution in [1.82, 2.24) is 0 Å². The molecule has 1 aromatic rings. The Balaban J connectivity index is 3.34. The summed E-state index contributed by atoms with van der Waals surface area (Å²) >= 11 is 0. The smallest absolute Gasteiger partial charge is 0.294 e. The summed E-state index contributed by atoms with van der Waals surface area (Å²) in [5, 5.41) is 0. The molecule has 1 rings (SSSR count).